The molecule has 3 nitrogen and oxygen atoms in total. The van der Waals surface area contributed by atoms with Gasteiger partial charge in [0.15, 0.2) is 0 Å². The van der Waals surface area contributed by atoms with Crippen molar-refractivity contribution in [3.8, 4) is 0 Å². The number of morpholine rings is 1. The molecule has 5 heteroatoms. The Kier molecular flexibility index (Phi) is 4.81. The number of amides is 1. The quantitative estimate of drug-likeness (QED) is 0.777. The van der Waals surface area contributed by atoms with Crippen molar-refractivity contribution in [3.05, 3.63) is 69.2 Å². The number of hydrogen-bond donors (Lipinski definition) is 0. The molecule has 114 valence electrons. The molecular weight excluding hydrogens is 366 g/mol. The third-order valence-corrected chi connectivity index (χ3v) is 4.56. The van der Waals surface area contributed by atoms with Gasteiger partial charge in [-0.15, -0.1) is 0 Å². The summed E-state index contributed by atoms with van der Waals surface area (Å²) in [6.45, 7) is 1.64. The van der Waals surface area contributed by atoms with E-state index in [1.54, 1.807) is 17.0 Å². The summed E-state index contributed by atoms with van der Waals surface area (Å²) in [5, 5.41) is 0.485. The van der Waals surface area contributed by atoms with Crippen molar-refractivity contribution in [1.82, 2.24) is 4.90 Å². The van der Waals surface area contributed by atoms with Gasteiger partial charge in [-0.1, -0.05) is 51.8 Å². The lowest BCUT2D eigenvalue weighted by Gasteiger charge is -2.33. The summed E-state index contributed by atoms with van der Waals surface area (Å²) in [6, 6.07) is 15.1. The van der Waals surface area contributed by atoms with Crippen molar-refractivity contribution in [1.29, 1.82) is 0 Å². The highest BCUT2D eigenvalue weighted by Gasteiger charge is 2.26. The van der Waals surface area contributed by atoms with Crippen molar-refractivity contribution in [2.24, 2.45) is 0 Å². The number of benzene rings is 2. The summed E-state index contributed by atoms with van der Waals surface area (Å²) in [4.78, 5) is 14.4. The Labute approximate surface area is 143 Å². The highest BCUT2D eigenvalue weighted by Crippen LogP contribution is 2.26. The molecule has 2 aromatic rings. The molecular formula is C17H15BrClNO2. The van der Waals surface area contributed by atoms with Crippen LogP contribution in [-0.2, 0) is 4.74 Å². The smallest absolute Gasteiger partial charge is 0.255 e. The van der Waals surface area contributed by atoms with Gasteiger partial charge in [0, 0.05) is 11.0 Å². The highest BCUT2D eigenvalue weighted by atomic mass is 79.9. The molecule has 0 N–H and O–H groups in total. The number of halogens is 2. The Morgan fingerprint density at radius 3 is 2.64 bits per heavy atom. The molecule has 1 aliphatic rings. The van der Waals surface area contributed by atoms with Gasteiger partial charge in [-0.25, -0.2) is 0 Å². The van der Waals surface area contributed by atoms with Crippen LogP contribution in [0.15, 0.2) is 53.0 Å². The van der Waals surface area contributed by atoms with Gasteiger partial charge in [-0.3, -0.25) is 4.79 Å². The SMILES string of the molecule is O=C(c1ccccc1Cl)N1CCOC(c2ccc(Br)cc2)C1. The van der Waals surface area contributed by atoms with E-state index in [-0.39, 0.29) is 12.0 Å². The van der Waals surface area contributed by atoms with Crippen LogP contribution >= 0.6 is 27.5 Å². The normalized spacial score (nSPS) is 18.3. The molecule has 1 unspecified atom stereocenters. The molecule has 3 rings (SSSR count). The largest absolute Gasteiger partial charge is 0.370 e. The van der Waals surface area contributed by atoms with Gasteiger partial charge >= 0.3 is 0 Å². The maximum Gasteiger partial charge on any atom is 0.255 e. The number of rotatable bonds is 2. The van der Waals surface area contributed by atoms with E-state index in [0.717, 1.165) is 10.0 Å². The molecule has 2 aromatic carbocycles. The Morgan fingerprint density at radius 1 is 1.18 bits per heavy atom. The summed E-state index contributed by atoms with van der Waals surface area (Å²) in [5.41, 5.74) is 1.61. The van der Waals surface area contributed by atoms with Crippen LogP contribution in [0, 0.1) is 0 Å². The minimum atomic E-state index is -0.103. The van der Waals surface area contributed by atoms with Gasteiger partial charge in [0.25, 0.3) is 5.91 Å². The maximum atomic E-state index is 12.6. The Balaban J connectivity index is 1.77. The van der Waals surface area contributed by atoms with E-state index in [1.807, 2.05) is 36.4 Å². The molecule has 0 bridgehead atoms. The van der Waals surface area contributed by atoms with Gasteiger partial charge in [0.1, 0.15) is 6.10 Å². The zero-order valence-electron chi connectivity index (χ0n) is 11.8. The summed E-state index contributed by atoms with van der Waals surface area (Å²) >= 11 is 9.55. The molecule has 0 aliphatic carbocycles. The van der Waals surface area contributed by atoms with E-state index >= 15 is 0 Å². The van der Waals surface area contributed by atoms with Crippen molar-refractivity contribution < 1.29 is 9.53 Å². The van der Waals surface area contributed by atoms with Crippen molar-refractivity contribution >= 4 is 33.4 Å². The first-order valence-electron chi connectivity index (χ1n) is 7.06. The van der Waals surface area contributed by atoms with Gasteiger partial charge in [-0.2, -0.15) is 0 Å². The molecule has 0 aromatic heterocycles. The second-order valence-corrected chi connectivity index (χ2v) is 6.46. The molecule has 0 radical (unpaired) electrons. The molecule has 1 heterocycles. The van der Waals surface area contributed by atoms with Gasteiger partial charge in [0.2, 0.25) is 0 Å². The van der Waals surface area contributed by atoms with E-state index < -0.39 is 0 Å². The molecule has 1 amide bonds. The molecule has 0 saturated carbocycles. The average Bonchev–Trinajstić information content (AvgIpc) is 2.55. The minimum Gasteiger partial charge on any atom is -0.370 e. The van der Waals surface area contributed by atoms with Crippen LogP contribution < -0.4 is 0 Å². The van der Waals surface area contributed by atoms with Crippen LogP contribution in [-0.4, -0.2) is 30.5 Å². The predicted molar refractivity (Wildman–Crippen MR) is 90.2 cm³/mol. The molecule has 1 fully saturated rings. The third kappa shape index (κ3) is 3.35. The van der Waals surface area contributed by atoms with Crippen LogP contribution in [0.1, 0.15) is 22.0 Å². The minimum absolute atomic E-state index is 0.0454. The van der Waals surface area contributed by atoms with E-state index in [2.05, 4.69) is 15.9 Å². The van der Waals surface area contributed by atoms with E-state index in [1.165, 1.54) is 0 Å². The summed E-state index contributed by atoms with van der Waals surface area (Å²) < 4.78 is 6.83. The van der Waals surface area contributed by atoms with E-state index in [4.69, 9.17) is 16.3 Å². The summed E-state index contributed by atoms with van der Waals surface area (Å²) in [5.74, 6) is -0.0454. The van der Waals surface area contributed by atoms with Gasteiger partial charge < -0.3 is 9.64 Å². The van der Waals surface area contributed by atoms with E-state index in [9.17, 15) is 4.79 Å². The first kappa shape index (κ1) is 15.5. The highest BCUT2D eigenvalue weighted by molar-refractivity contribution is 9.10. The fraction of sp³-hybridized carbons (Fsp3) is 0.235. The molecule has 1 saturated heterocycles. The van der Waals surface area contributed by atoms with Crippen molar-refractivity contribution in [3.63, 3.8) is 0 Å². The number of carbonyl (C=O) groups excluding carboxylic acids is 1. The third-order valence-electron chi connectivity index (χ3n) is 3.70. The Morgan fingerprint density at radius 2 is 1.91 bits per heavy atom. The number of carbonyl (C=O) groups is 1. The van der Waals surface area contributed by atoms with Crippen LogP contribution in [0.5, 0.6) is 0 Å². The second-order valence-electron chi connectivity index (χ2n) is 5.14. The summed E-state index contributed by atoms with van der Waals surface area (Å²) in [6.07, 6.45) is -0.103. The lowest BCUT2D eigenvalue weighted by atomic mass is 10.1. The molecule has 1 aliphatic heterocycles. The number of hydrogen-bond acceptors (Lipinski definition) is 2. The van der Waals surface area contributed by atoms with Crippen LogP contribution in [0.2, 0.25) is 5.02 Å². The maximum absolute atomic E-state index is 12.6. The zero-order chi connectivity index (χ0) is 15.5. The van der Waals surface area contributed by atoms with Crippen molar-refractivity contribution in [2.75, 3.05) is 19.7 Å². The first-order chi connectivity index (χ1) is 10.6. The second kappa shape index (κ2) is 6.82. The monoisotopic (exact) mass is 379 g/mol. The molecule has 22 heavy (non-hydrogen) atoms. The first-order valence-corrected chi connectivity index (χ1v) is 8.23. The standard InChI is InChI=1S/C17H15BrClNO2/c18-13-7-5-12(6-8-13)16-11-20(9-10-22-16)17(21)14-3-1-2-4-15(14)19/h1-8,16H,9-11H2. The Hall–Kier alpha value is -1.36. The number of nitrogens with zero attached hydrogens (tertiary/aromatic N) is 1. The zero-order valence-corrected chi connectivity index (χ0v) is 14.2. The van der Waals surface area contributed by atoms with Crippen LogP contribution in [0.4, 0.5) is 0 Å². The average molecular weight is 381 g/mol. The van der Waals surface area contributed by atoms with Gasteiger partial charge in [-0.05, 0) is 29.8 Å². The molecule has 1 atom stereocenters. The fourth-order valence-electron chi connectivity index (χ4n) is 2.52. The topological polar surface area (TPSA) is 29.5 Å². The van der Waals surface area contributed by atoms with Crippen LogP contribution in [0.25, 0.3) is 0 Å². The molecule has 0 spiro atoms. The van der Waals surface area contributed by atoms with Gasteiger partial charge in [0.05, 0.1) is 23.7 Å². The number of ether oxygens (including phenoxy) is 1. The lowest BCUT2D eigenvalue weighted by molar-refractivity contribution is -0.0228. The van der Waals surface area contributed by atoms with Crippen molar-refractivity contribution in [2.45, 2.75) is 6.10 Å². The fourth-order valence-corrected chi connectivity index (χ4v) is 3.00. The van der Waals surface area contributed by atoms with E-state index in [0.29, 0.717) is 30.3 Å². The predicted octanol–water partition coefficient (Wildman–Crippen LogP) is 4.32. The Bertz CT molecular complexity index is 675. The van der Waals surface area contributed by atoms with Crippen LogP contribution in [0.3, 0.4) is 0 Å². The lowest BCUT2D eigenvalue weighted by Crippen LogP contribution is -2.42. The summed E-state index contributed by atoms with van der Waals surface area (Å²) in [7, 11) is 0.